The highest BCUT2D eigenvalue weighted by Crippen LogP contribution is 2.22. The molecule has 7 nitrogen and oxygen atoms in total. The fourth-order valence-corrected chi connectivity index (χ4v) is 3.79. The molecule has 162 valence electrons. The van der Waals surface area contributed by atoms with Crippen LogP contribution in [0.4, 0.5) is 11.4 Å². The molecule has 0 aromatic heterocycles. The zero-order chi connectivity index (χ0) is 21.6. The van der Waals surface area contributed by atoms with Gasteiger partial charge in [-0.05, 0) is 63.0 Å². The van der Waals surface area contributed by atoms with Crippen LogP contribution in [0.1, 0.15) is 36.0 Å². The Hall–Kier alpha value is -3.19. The van der Waals surface area contributed by atoms with Gasteiger partial charge in [0.25, 0.3) is 5.91 Å². The van der Waals surface area contributed by atoms with Crippen molar-refractivity contribution in [2.24, 2.45) is 5.92 Å². The normalized spacial score (nSPS) is 17.0. The fraction of sp³-hybridized carbons (Fsp3) is 0.375. The highest BCUT2D eigenvalue weighted by molar-refractivity contribution is 6.04. The molecule has 3 N–H and O–H groups in total. The average molecular weight is 421 g/mol. The summed E-state index contributed by atoms with van der Waals surface area (Å²) in [5.74, 6) is -0.320. The third kappa shape index (κ3) is 5.92. The van der Waals surface area contributed by atoms with Gasteiger partial charge in [0.05, 0.1) is 17.8 Å². The van der Waals surface area contributed by atoms with Gasteiger partial charge >= 0.3 is 0 Å². The van der Waals surface area contributed by atoms with Crippen molar-refractivity contribution in [3.8, 4) is 0 Å². The van der Waals surface area contributed by atoms with Crippen molar-refractivity contribution < 1.29 is 14.4 Å². The molecule has 2 fully saturated rings. The Labute approximate surface area is 182 Å². The van der Waals surface area contributed by atoms with Gasteiger partial charge in [-0.3, -0.25) is 19.3 Å². The number of nitrogens with one attached hydrogen (secondary N) is 3. The molecule has 1 saturated heterocycles. The molecule has 4 rings (SSSR count). The molecule has 2 aromatic rings. The summed E-state index contributed by atoms with van der Waals surface area (Å²) < 4.78 is 0. The summed E-state index contributed by atoms with van der Waals surface area (Å²) in [6.45, 7) is 1.61. The molecule has 7 heteroatoms. The van der Waals surface area contributed by atoms with E-state index in [1.807, 2.05) is 30.3 Å². The monoisotopic (exact) mass is 420 g/mol. The molecule has 1 aliphatic heterocycles. The fourth-order valence-electron chi connectivity index (χ4n) is 3.79. The Morgan fingerprint density at radius 3 is 2.23 bits per heavy atom. The minimum absolute atomic E-state index is 0.0332. The number of para-hydroxylation sites is 2. The third-order valence-corrected chi connectivity index (χ3v) is 5.73. The maximum atomic E-state index is 12.6. The van der Waals surface area contributed by atoms with E-state index in [1.54, 1.807) is 24.3 Å². The van der Waals surface area contributed by atoms with Gasteiger partial charge in [-0.15, -0.1) is 0 Å². The first-order chi connectivity index (χ1) is 15.1. The number of nitrogens with zero attached hydrogens (tertiary/aromatic N) is 1. The first-order valence-corrected chi connectivity index (χ1v) is 10.9. The zero-order valence-electron chi connectivity index (χ0n) is 17.5. The van der Waals surface area contributed by atoms with Gasteiger partial charge in [0.15, 0.2) is 0 Å². The van der Waals surface area contributed by atoms with Crippen LogP contribution in [0, 0.1) is 5.92 Å². The van der Waals surface area contributed by atoms with Crippen molar-refractivity contribution >= 4 is 29.1 Å². The predicted molar refractivity (Wildman–Crippen MR) is 120 cm³/mol. The van der Waals surface area contributed by atoms with Crippen LogP contribution in [0.2, 0.25) is 0 Å². The number of likely N-dealkylation sites (tertiary alicyclic amines) is 1. The first-order valence-electron chi connectivity index (χ1n) is 10.9. The molecule has 31 heavy (non-hydrogen) atoms. The number of amides is 3. The molecule has 2 aromatic carbocycles. The second-order valence-corrected chi connectivity index (χ2v) is 8.25. The molecule has 1 heterocycles. The lowest BCUT2D eigenvalue weighted by molar-refractivity contribution is -0.121. The first kappa shape index (κ1) is 21.1. The lowest BCUT2D eigenvalue weighted by Crippen LogP contribution is -2.42. The molecular formula is C24H28N4O3. The Morgan fingerprint density at radius 2 is 1.52 bits per heavy atom. The zero-order valence-corrected chi connectivity index (χ0v) is 17.5. The summed E-state index contributed by atoms with van der Waals surface area (Å²) in [5.41, 5.74) is 1.82. The van der Waals surface area contributed by atoms with Crippen LogP contribution < -0.4 is 16.0 Å². The quantitative estimate of drug-likeness (QED) is 0.642. The van der Waals surface area contributed by atoms with Crippen molar-refractivity contribution in [1.29, 1.82) is 0 Å². The van der Waals surface area contributed by atoms with Crippen LogP contribution in [0.25, 0.3) is 0 Å². The van der Waals surface area contributed by atoms with Crippen molar-refractivity contribution in [2.45, 2.75) is 31.7 Å². The number of benzene rings is 2. The van der Waals surface area contributed by atoms with Crippen molar-refractivity contribution in [3.05, 3.63) is 60.2 Å². The summed E-state index contributed by atoms with van der Waals surface area (Å²) in [4.78, 5) is 39.5. The summed E-state index contributed by atoms with van der Waals surface area (Å²) in [6, 6.07) is 16.8. The van der Waals surface area contributed by atoms with Crippen molar-refractivity contribution in [1.82, 2.24) is 10.2 Å². The minimum Gasteiger partial charge on any atom is -0.349 e. The van der Waals surface area contributed by atoms with Crippen molar-refractivity contribution in [2.75, 3.05) is 30.3 Å². The molecule has 3 amide bonds. The molecule has 0 atom stereocenters. The van der Waals surface area contributed by atoms with Crippen LogP contribution in [0.15, 0.2) is 54.6 Å². The molecule has 2 aliphatic rings. The SMILES string of the molecule is O=C(CN1CCC(C(=O)Nc2ccccc2)CC1)Nc1ccccc1C(=O)NC1CC1. The van der Waals surface area contributed by atoms with Crippen molar-refractivity contribution in [3.63, 3.8) is 0 Å². The van der Waals surface area contributed by atoms with E-state index in [1.165, 1.54) is 0 Å². The van der Waals surface area contributed by atoms with Gasteiger partial charge in [-0.25, -0.2) is 0 Å². The van der Waals surface area contributed by atoms with Gasteiger partial charge in [0.2, 0.25) is 11.8 Å². The van der Waals surface area contributed by atoms with Crippen LogP contribution in [0.5, 0.6) is 0 Å². The second-order valence-electron chi connectivity index (χ2n) is 8.25. The molecule has 0 radical (unpaired) electrons. The largest absolute Gasteiger partial charge is 0.349 e. The van der Waals surface area contributed by atoms with E-state index < -0.39 is 0 Å². The van der Waals surface area contributed by atoms with Gasteiger partial charge in [0.1, 0.15) is 0 Å². The number of carbonyl (C=O) groups is 3. The van der Waals surface area contributed by atoms with Gasteiger partial charge in [-0.1, -0.05) is 30.3 Å². The number of rotatable bonds is 7. The number of hydrogen-bond donors (Lipinski definition) is 3. The van der Waals surface area contributed by atoms with Crippen LogP contribution in [0.3, 0.4) is 0 Å². The summed E-state index contributed by atoms with van der Waals surface area (Å²) in [5, 5.41) is 8.80. The van der Waals surface area contributed by atoms with E-state index >= 15 is 0 Å². The lowest BCUT2D eigenvalue weighted by atomic mass is 9.96. The maximum absolute atomic E-state index is 12.6. The molecule has 0 bridgehead atoms. The molecule has 0 unspecified atom stereocenters. The number of anilines is 2. The lowest BCUT2D eigenvalue weighted by Gasteiger charge is -2.30. The van der Waals surface area contributed by atoms with Crippen LogP contribution in [-0.2, 0) is 9.59 Å². The topological polar surface area (TPSA) is 90.5 Å². The predicted octanol–water partition coefficient (Wildman–Crippen LogP) is 2.87. The Bertz CT molecular complexity index is 935. The van der Waals surface area contributed by atoms with Crippen LogP contribution in [-0.4, -0.2) is 48.3 Å². The number of carbonyl (C=O) groups excluding carboxylic acids is 3. The third-order valence-electron chi connectivity index (χ3n) is 5.73. The maximum Gasteiger partial charge on any atom is 0.253 e. The Morgan fingerprint density at radius 1 is 0.839 bits per heavy atom. The summed E-state index contributed by atoms with van der Waals surface area (Å²) in [6.07, 6.45) is 3.46. The minimum atomic E-state index is -0.154. The average Bonchev–Trinajstić information content (AvgIpc) is 3.59. The summed E-state index contributed by atoms with van der Waals surface area (Å²) >= 11 is 0. The summed E-state index contributed by atoms with van der Waals surface area (Å²) in [7, 11) is 0. The molecule has 1 saturated carbocycles. The van der Waals surface area contributed by atoms with Crippen LogP contribution >= 0.6 is 0 Å². The molecule has 1 aliphatic carbocycles. The highest BCUT2D eigenvalue weighted by Gasteiger charge is 2.27. The Balaban J connectivity index is 1.25. The van der Waals surface area contributed by atoms with E-state index in [2.05, 4.69) is 20.9 Å². The van der Waals surface area contributed by atoms with E-state index in [0.717, 1.165) is 18.5 Å². The van der Waals surface area contributed by atoms with Gasteiger partial charge < -0.3 is 16.0 Å². The number of hydrogen-bond acceptors (Lipinski definition) is 4. The Kier molecular flexibility index (Phi) is 6.62. The van der Waals surface area contributed by atoms with Gasteiger partial charge in [-0.2, -0.15) is 0 Å². The standard InChI is InChI=1S/C24H28N4O3/c29-22(27-21-9-5-4-8-20(21)24(31)26-19-10-11-19)16-28-14-12-17(13-15-28)23(30)25-18-6-2-1-3-7-18/h1-9,17,19H,10-16H2,(H,25,30)(H,26,31)(H,27,29). The van der Waals surface area contributed by atoms with E-state index in [4.69, 9.17) is 0 Å². The highest BCUT2D eigenvalue weighted by atomic mass is 16.2. The number of piperidine rings is 1. The molecule has 0 spiro atoms. The van der Waals surface area contributed by atoms with Gasteiger partial charge in [0, 0.05) is 17.6 Å². The van der Waals surface area contributed by atoms with E-state index in [9.17, 15) is 14.4 Å². The van der Waals surface area contributed by atoms with E-state index in [0.29, 0.717) is 37.2 Å². The smallest absolute Gasteiger partial charge is 0.253 e. The molecular weight excluding hydrogens is 392 g/mol. The second kappa shape index (κ2) is 9.75. The van der Waals surface area contributed by atoms with E-state index in [-0.39, 0.29) is 36.2 Å².